The van der Waals surface area contributed by atoms with Crippen molar-refractivity contribution < 1.29 is 13.9 Å². The van der Waals surface area contributed by atoms with Gasteiger partial charge in [-0.3, -0.25) is 14.2 Å². The third kappa shape index (κ3) is 3.91. The molecule has 2 aromatic carbocycles. The van der Waals surface area contributed by atoms with E-state index in [0.29, 0.717) is 16.8 Å². The summed E-state index contributed by atoms with van der Waals surface area (Å²) in [6, 6.07) is 14.6. The summed E-state index contributed by atoms with van der Waals surface area (Å²) in [5.41, 5.74) is 2.17. The van der Waals surface area contributed by atoms with Crippen molar-refractivity contribution in [1.82, 2.24) is 19.7 Å². The summed E-state index contributed by atoms with van der Waals surface area (Å²) < 4.78 is 12.2. The van der Waals surface area contributed by atoms with Crippen LogP contribution in [0.1, 0.15) is 24.5 Å². The third-order valence-electron chi connectivity index (χ3n) is 4.43. The van der Waals surface area contributed by atoms with Gasteiger partial charge in [0.1, 0.15) is 6.54 Å². The molecule has 8 heteroatoms. The molecule has 4 aromatic rings. The molecule has 0 N–H and O–H groups in total. The van der Waals surface area contributed by atoms with Crippen molar-refractivity contribution in [2.45, 2.75) is 26.5 Å². The van der Waals surface area contributed by atoms with Gasteiger partial charge in [0.05, 0.1) is 17.2 Å². The van der Waals surface area contributed by atoms with Gasteiger partial charge in [-0.2, -0.15) is 0 Å². The SMILES string of the molecule is Cc1ccc(-c2nnc([C@H](C)OC(=O)Cn3cnc4ccccc4c3=O)o2)cc1. The van der Waals surface area contributed by atoms with Crippen LogP contribution >= 0.6 is 0 Å². The van der Waals surface area contributed by atoms with Crippen LogP contribution in [-0.2, 0) is 16.1 Å². The maximum Gasteiger partial charge on any atom is 0.326 e. The molecule has 8 nitrogen and oxygen atoms in total. The van der Waals surface area contributed by atoms with Gasteiger partial charge in [0, 0.05) is 5.56 Å². The zero-order chi connectivity index (χ0) is 20.4. The van der Waals surface area contributed by atoms with Crippen LogP contribution in [0, 0.1) is 6.92 Å². The molecule has 2 heterocycles. The zero-order valence-electron chi connectivity index (χ0n) is 15.9. The predicted octanol–water partition coefficient (Wildman–Crippen LogP) is 3.06. The van der Waals surface area contributed by atoms with E-state index in [2.05, 4.69) is 15.2 Å². The molecule has 0 fully saturated rings. The van der Waals surface area contributed by atoms with Crippen LogP contribution in [0.4, 0.5) is 0 Å². The number of hydrogen-bond donors (Lipinski definition) is 0. The average Bonchev–Trinajstić information content (AvgIpc) is 3.21. The lowest BCUT2D eigenvalue weighted by Crippen LogP contribution is -2.26. The Morgan fingerprint density at radius 3 is 2.69 bits per heavy atom. The third-order valence-corrected chi connectivity index (χ3v) is 4.43. The van der Waals surface area contributed by atoms with E-state index in [1.807, 2.05) is 31.2 Å². The molecule has 146 valence electrons. The minimum absolute atomic E-state index is 0.179. The molecule has 0 aliphatic heterocycles. The summed E-state index contributed by atoms with van der Waals surface area (Å²) in [5.74, 6) is -0.0810. The Morgan fingerprint density at radius 2 is 1.90 bits per heavy atom. The summed E-state index contributed by atoms with van der Waals surface area (Å²) in [6.45, 7) is 3.35. The predicted molar refractivity (Wildman–Crippen MR) is 105 cm³/mol. The number of rotatable bonds is 5. The van der Waals surface area contributed by atoms with Crippen molar-refractivity contribution in [1.29, 1.82) is 0 Å². The Balaban J connectivity index is 1.46. The first kappa shape index (κ1) is 18.5. The smallest absolute Gasteiger partial charge is 0.326 e. The van der Waals surface area contributed by atoms with Crippen LogP contribution < -0.4 is 5.56 Å². The van der Waals surface area contributed by atoms with E-state index in [9.17, 15) is 9.59 Å². The van der Waals surface area contributed by atoms with Crippen molar-refractivity contribution in [2.75, 3.05) is 0 Å². The average molecular weight is 390 g/mol. The van der Waals surface area contributed by atoms with Crippen molar-refractivity contribution >= 4 is 16.9 Å². The summed E-state index contributed by atoms with van der Waals surface area (Å²) in [5, 5.41) is 8.40. The fourth-order valence-electron chi connectivity index (χ4n) is 2.85. The summed E-state index contributed by atoms with van der Waals surface area (Å²) >= 11 is 0. The quantitative estimate of drug-likeness (QED) is 0.483. The van der Waals surface area contributed by atoms with Crippen molar-refractivity contribution in [3.63, 3.8) is 0 Å². The normalized spacial score (nSPS) is 12.1. The van der Waals surface area contributed by atoms with Crippen LogP contribution in [0.3, 0.4) is 0 Å². The maximum absolute atomic E-state index is 12.5. The number of carbonyl (C=O) groups is 1. The maximum atomic E-state index is 12.5. The highest BCUT2D eigenvalue weighted by Crippen LogP contribution is 2.22. The molecule has 4 rings (SSSR count). The molecule has 1 atom stereocenters. The van der Waals surface area contributed by atoms with Gasteiger partial charge in [0.2, 0.25) is 5.89 Å². The van der Waals surface area contributed by atoms with Crippen molar-refractivity contribution in [2.24, 2.45) is 0 Å². The van der Waals surface area contributed by atoms with Crippen LogP contribution in [0.5, 0.6) is 0 Å². The molecule has 2 aromatic heterocycles. The van der Waals surface area contributed by atoms with Crippen molar-refractivity contribution in [3.8, 4) is 11.5 Å². The molecule has 0 aliphatic rings. The largest absolute Gasteiger partial charge is 0.451 e. The standard InChI is InChI=1S/C21H18N4O4/c1-13-7-9-15(10-8-13)20-24-23-19(29-20)14(2)28-18(26)11-25-12-22-17-6-4-3-5-16(17)21(25)27/h3-10,12,14H,11H2,1-2H3/t14-/m0/s1. The number of aryl methyl sites for hydroxylation is 1. The number of ether oxygens (including phenoxy) is 1. The Labute approximate surface area is 165 Å². The molecule has 0 spiro atoms. The lowest BCUT2D eigenvalue weighted by molar-refractivity contribution is -0.150. The van der Waals surface area contributed by atoms with E-state index in [4.69, 9.17) is 9.15 Å². The monoisotopic (exact) mass is 390 g/mol. The number of para-hydroxylation sites is 1. The summed E-state index contributed by atoms with van der Waals surface area (Å²) in [4.78, 5) is 29.0. The lowest BCUT2D eigenvalue weighted by Gasteiger charge is -2.10. The van der Waals surface area contributed by atoms with E-state index < -0.39 is 12.1 Å². The molecule has 0 amide bonds. The molecule has 0 bridgehead atoms. The number of carbonyl (C=O) groups excluding carboxylic acids is 1. The minimum atomic E-state index is -0.752. The van der Waals surface area contributed by atoms with E-state index in [-0.39, 0.29) is 18.0 Å². The second-order valence-corrected chi connectivity index (χ2v) is 6.64. The Bertz CT molecular complexity index is 1230. The first-order valence-corrected chi connectivity index (χ1v) is 9.05. The Kier molecular flexibility index (Phi) is 4.90. The van der Waals surface area contributed by atoms with E-state index in [0.717, 1.165) is 11.1 Å². The van der Waals surface area contributed by atoms with Crippen molar-refractivity contribution in [3.05, 3.63) is 76.7 Å². The Morgan fingerprint density at radius 1 is 1.14 bits per heavy atom. The molecule has 29 heavy (non-hydrogen) atoms. The lowest BCUT2D eigenvalue weighted by atomic mass is 10.1. The topological polar surface area (TPSA) is 100 Å². The van der Waals surface area contributed by atoms with E-state index in [1.165, 1.54) is 10.9 Å². The van der Waals surface area contributed by atoms with Gasteiger partial charge in [0.15, 0.2) is 6.10 Å². The van der Waals surface area contributed by atoms with Gasteiger partial charge in [0.25, 0.3) is 11.4 Å². The van der Waals surface area contributed by atoms with Gasteiger partial charge in [-0.1, -0.05) is 29.8 Å². The summed E-state index contributed by atoms with van der Waals surface area (Å²) in [6.07, 6.45) is 0.581. The highest BCUT2D eigenvalue weighted by molar-refractivity contribution is 5.77. The number of esters is 1. The number of nitrogens with zero attached hydrogens (tertiary/aromatic N) is 4. The molecule has 0 unspecified atom stereocenters. The molecular weight excluding hydrogens is 372 g/mol. The number of fused-ring (bicyclic) bond motifs is 1. The van der Waals surface area contributed by atoms with E-state index >= 15 is 0 Å². The second-order valence-electron chi connectivity index (χ2n) is 6.64. The first-order valence-electron chi connectivity index (χ1n) is 9.05. The molecular formula is C21H18N4O4. The number of hydrogen-bond acceptors (Lipinski definition) is 7. The van der Waals surface area contributed by atoms with Crippen LogP contribution in [0.25, 0.3) is 22.4 Å². The van der Waals surface area contributed by atoms with Gasteiger partial charge < -0.3 is 9.15 Å². The van der Waals surface area contributed by atoms with Gasteiger partial charge in [-0.25, -0.2) is 4.98 Å². The molecule has 0 saturated heterocycles. The minimum Gasteiger partial charge on any atom is -0.451 e. The van der Waals surface area contributed by atoms with Crippen LogP contribution in [-0.4, -0.2) is 25.7 Å². The molecule has 0 aliphatic carbocycles. The van der Waals surface area contributed by atoms with Gasteiger partial charge >= 0.3 is 5.97 Å². The molecule has 0 radical (unpaired) electrons. The fourth-order valence-corrected chi connectivity index (χ4v) is 2.85. The second kappa shape index (κ2) is 7.67. The van der Waals surface area contributed by atoms with Crippen LogP contribution in [0.15, 0.2) is 64.1 Å². The fraction of sp³-hybridized carbons (Fsp3) is 0.190. The first-order chi connectivity index (χ1) is 14.0. The van der Waals surface area contributed by atoms with Crippen LogP contribution in [0.2, 0.25) is 0 Å². The number of benzene rings is 2. The summed E-state index contributed by atoms with van der Waals surface area (Å²) in [7, 11) is 0. The highest BCUT2D eigenvalue weighted by Gasteiger charge is 2.20. The van der Waals surface area contributed by atoms with E-state index in [1.54, 1.807) is 31.2 Å². The zero-order valence-corrected chi connectivity index (χ0v) is 15.9. The van der Waals surface area contributed by atoms with Gasteiger partial charge in [-0.15, -0.1) is 10.2 Å². The Hall–Kier alpha value is -3.81. The van der Waals surface area contributed by atoms with Gasteiger partial charge in [-0.05, 0) is 38.1 Å². The molecule has 0 saturated carbocycles. The number of aromatic nitrogens is 4. The highest BCUT2D eigenvalue weighted by atomic mass is 16.6.